The molecule has 0 saturated carbocycles. The number of aromatic nitrogens is 1. The van der Waals surface area contributed by atoms with Gasteiger partial charge in [0.2, 0.25) is 0 Å². The van der Waals surface area contributed by atoms with Crippen molar-refractivity contribution in [3.05, 3.63) is 65.7 Å². The van der Waals surface area contributed by atoms with E-state index in [1.165, 1.54) is 0 Å². The van der Waals surface area contributed by atoms with E-state index in [1.807, 2.05) is 30.3 Å². The number of hydrogen-bond donors (Lipinski definition) is 3. The number of ether oxygens (including phenoxy) is 1. The van der Waals surface area contributed by atoms with Crippen LogP contribution in [-0.4, -0.2) is 22.1 Å². The van der Waals surface area contributed by atoms with Gasteiger partial charge >= 0.3 is 12.0 Å². The Morgan fingerprint density at radius 1 is 1.04 bits per heavy atom. The molecule has 2 amide bonds. The van der Waals surface area contributed by atoms with Gasteiger partial charge in [-0.05, 0) is 24.3 Å². The summed E-state index contributed by atoms with van der Waals surface area (Å²) in [5, 5.41) is 16.0. The van der Waals surface area contributed by atoms with Crippen LogP contribution in [0.25, 0.3) is 0 Å². The third kappa shape index (κ3) is 4.81. The maximum absolute atomic E-state index is 12.2. The van der Waals surface area contributed by atoms with Crippen molar-refractivity contribution in [3.63, 3.8) is 0 Å². The highest BCUT2D eigenvalue weighted by molar-refractivity contribution is 7.13. The fourth-order valence-corrected chi connectivity index (χ4v) is 2.83. The summed E-state index contributed by atoms with van der Waals surface area (Å²) < 4.78 is 5.79. The summed E-state index contributed by atoms with van der Waals surface area (Å²) in [5.41, 5.74) is 0.891. The smallest absolute Gasteiger partial charge is 0.325 e. The minimum atomic E-state index is -0.974. The average molecular weight is 369 g/mol. The minimum absolute atomic E-state index is 0.187. The van der Waals surface area contributed by atoms with Crippen LogP contribution >= 0.6 is 11.3 Å². The summed E-state index contributed by atoms with van der Waals surface area (Å²) in [4.78, 5) is 26.9. The number of nitrogens with one attached hydrogen (secondary N) is 2. The van der Waals surface area contributed by atoms with Crippen molar-refractivity contribution in [1.29, 1.82) is 0 Å². The Bertz CT molecular complexity index is 912. The Labute approximate surface area is 153 Å². The molecule has 1 aromatic heterocycles. The number of carbonyl (C=O) groups excluding carboxylic acids is 1. The average Bonchev–Trinajstić information content (AvgIpc) is 3.03. The fraction of sp³-hybridized carbons (Fsp3) is 0.0556. The van der Waals surface area contributed by atoms with Crippen molar-refractivity contribution < 1.29 is 19.4 Å². The van der Waals surface area contributed by atoms with E-state index in [-0.39, 0.29) is 6.42 Å². The molecular formula is C18H15N3O4S. The van der Waals surface area contributed by atoms with Gasteiger partial charge in [-0.1, -0.05) is 30.3 Å². The summed E-state index contributed by atoms with van der Waals surface area (Å²) in [7, 11) is 0. The Morgan fingerprint density at radius 3 is 2.54 bits per heavy atom. The van der Waals surface area contributed by atoms with Crippen LogP contribution in [0.3, 0.4) is 0 Å². The molecule has 0 bridgehead atoms. The van der Waals surface area contributed by atoms with Gasteiger partial charge in [-0.15, -0.1) is 11.3 Å². The van der Waals surface area contributed by atoms with Gasteiger partial charge in [0.15, 0.2) is 10.9 Å². The highest BCUT2D eigenvalue weighted by Gasteiger charge is 2.11. The lowest BCUT2D eigenvalue weighted by Crippen LogP contribution is -2.19. The number of benzene rings is 2. The van der Waals surface area contributed by atoms with Crippen LogP contribution < -0.4 is 15.4 Å². The number of rotatable bonds is 6. The number of aliphatic carboxylic acids is 1. The lowest BCUT2D eigenvalue weighted by Gasteiger charge is -2.12. The third-order valence-corrected chi connectivity index (χ3v) is 4.02. The number of carboxylic acid groups (broad SMARTS) is 1. The van der Waals surface area contributed by atoms with E-state index in [0.717, 1.165) is 11.3 Å². The van der Waals surface area contributed by atoms with Gasteiger partial charge in [0.05, 0.1) is 17.8 Å². The largest absolute Gasteiger partial charge is 0.481 e. The molecule has 0 unspecified atom stereocenters. The van der Waals surface area contributed by atoms with Crippen LogP contribution in [0.15, 0.2) is 60.0 Å². The quantitative estimate of drug-likeness (QED) is 0.604. The zero-order valence-electron chi connectivity index (χ0n) is 13.5. The first-order valence-corrected chi connectivity index (χ1v) is 8.54. The number of hydrogen-bond acceptors (Lipinski definition) is 5. The van der Waals surface area contributed by atoms with Crippen LogP contribution in [0.2, 0.25) is 0 Å². The molecule has 0 aliphatic rings. The van der Waals surface area contributed by atoms with Crippen LogP contribution in [0.4, 0.5) is 15.6 Å². The Kier molecular flexibility index (Phi) is 5.45. The molecule has 132 valence electrons. The van der Waals surface area contributed by atoms with Gasteiger partial charge in [0.1, 0.15) is 5.75 Å². The molecule has 26 heavy (non-hydrogen) atoms. The Morgan fingerprint density at radius 2 is 1.77 bits per heavy atom. The predicted octanol–water partition coefficient (Wildman–Crippen LogP) is 4.21. The molecule has 0 aliphatic carbocycles. The molecular weight excluding hydrogens is 354 g/mol. The maximum atomic E-state index is 12.2. The normalized spacial score (nSPS) is 10.2. The summed E-state index contributed by atoms with van der Waals surface area (Å²) in [6.45, 7) is 0. The molecule has 0 fully saturated rings. The van der Waals surface area contributed by atoms with E-state index in [1.54, 1.807) is 29.6 Å². The second-order valence-corrected chi connectivity index (χ2v) is 6.06. The van der Waals surface area contributed by atoms with E-state index in [2.05, 4.69) is 15.6 Å². The van der Waals surface area contributed by atoms with Crippen molar-refractivity contribution in [2.24, 2.45) is 0 Å². The highest BCUT2D eigenvalue weighted by atomic mass is 32.1. The van der Waals surface area contributed by atoms with Crippen molar-refractivity contribution in [2.45, 2.75) is 6.42 Å². The van der Waals surface area contributed by atoms with Crippen LogP contribution in [0.5, 0.6) is 11.5 Å². The monoisotopic (exact) mass is 369 g/mol. The molecule has 0 aliphatic heterocycles. The van der Waals surface area contributed by atoms with Gasteiger partial charge in [-0.25, -0.2) is 9.78 Å². The van der Waals surface area contributed by atoms with Crippen LogP contribution in [-0.2, 0) is 11.2 Å². The van der Waals surface area contributed by atoms with Gasteiger partial charge in [-0.3, -0.25) is 10.1 Å². The second-order valence-electron chi connectivity index (χ2n) is 5.20. The first kappa shape index (κ1) is 17.4. The Balaban J connectivity index is 1.66. The molecule has 3 aromatic rings. The molecule has 0 saturated heterocycles. The van der Waals surface area contributed by atoms with Crippen LogP contribution in [0, 0.1) is 0 Å². The molecule has 3 rings (SSSR count). The van der Waals surface area contributed by atoms with Gasteiger partial charge in [0.25, 0.3) is 0 Å². The second kappa shape index (κ2) is 8.13. The summed E-state index contributed by atoms with van der Waals surface area (Å²) >= 11 is 1.16. The number of anilines is 2. The fourth-order valence-electron chi connectivity index (χ4n) is 2.13. The highest BCUT2D eigenvalue weighted by Crippen LogP contribution is 2.29. The summed E-state index contributed by atoms with van der Waals surface area (Å²) in [6.07, 6.45) is -0.187. The van der Waals surface area contributed by atoms with Crippen molar-refractivity contribution in [1.82, 2.24) is 4.98 Å². The van der Waals surface area contributed by atoms with E-state index in [4.69, 9.17) is 9.84 Å². The molecule has 0 radical (unpaired) electrons. The zero-order valence-corrected chi connectivity index (χ0v) is 14.3. The topological polar surface area (TPSA) is 101 Å². The van der Waals surface area contributed by atoms with E-state index >= 15 is 0 Å². The zero-order chi connectivity index (χ0) is 18.4. The SMILES string of the molecule is O=C(O)Cc1csc(NC(=O)Nc2ccccc2Oc2ccccc2)n1. The number of amides is 2. The number of carboxylic acids is 1. The number of thiazole rings is 1. The number of urea groups is 1. The molecule has 0 atom stereocenters. The minimum Gasteiger partial charge on any atom is -0.481 e. The van der Waals surface area contributed by atoms with E-state index in [9.17, 15) is 9.59 Å². The lowest BCUT2D eigenvalue weighted by molar-refractivity contribution is -0.136. The molecule has 3 N–H and O–H groups in total. The van der Waals surface area contributed by atoms with Gasteiger partial charge in [-0.2, -0.15) is 0 Å². The van der Waals surface area contributed by atoms with Crippen molar-refractivity contribution in [3.8, 4) is 11.5 Å². The van der Waals surface area contributed by atoms with Crippen LogP contribution in [0.1, 0.15) is 5.69 Å². The molecule has 0 spiro atoms. The van der Waals surface area contributed by atoms with Gasteiger partial charge < -0.3 is 15.2 Å². The van der Waals surface area contributed by atoms with Crippen molar-refractivity contribution in [2.75, 3.05) is 10.6 Å². The van der Waals surface area contributed by atoms with Crippen molar-refractivity contribution >= 4 is 34.2 Å². The first-order chi connectivity index (χ1) is 12.6. The Hall–Kier alpha value is -3.39. The van der Waals surface area contributed by atoms with Gasteiger partial charge in [0, 0.05) is 5.38 Å². The standard InChI is InChI=1S/C18H15N3O4S/c22-16(23)10-12-11-26-18(19-12)21-17(24)20-14-8-4-5-9-15(14)25-13-6-2-1-3-7-13/h1-9,11H,10H2,(H,22,23)(H2,19,20,21,24). The summed E-state index contributed by atoms with van der Waals surface area (Å²) in [6, 6.07) is 15.8. The molecule has 2 aromatic carbocycles. The number of para-hydroxylation sites is 3. The lowest BCUT2D eigenvalue weighted by atomic mass is 10.3. The van der Waals surface area contributed by atoms with E-state index in [0.29, 0.717) is 28.0 Å². The molecule has 1 heterocycles. The predicted molar refractivity (Wildman–Crippen MR) is 99.1 cm³/mol. The van der Waals surface area contributed by atoms with E-state index < -0.39 is 12.0 Å². The number of carbonyl (C=O) groups is 2. The molecule has 7 nitrogen and oxygen atoms in total. The third-order valence-electron chi connectivity index (χ3n) is 3.21. The summed E-state index contributed by atoms with van der Waals surface area (Å²) in [5.74, 6) is 0.179. The molecule has 8 heteroatoms. The first-order valence-electron chi connectivity index (χ1n) is 7.66. The maximum Gasteiger partial charge on any atom is 0.325 e. The number of nitrogens with zero attached hydrogens (tertiary/aromatic N) is 1.